The van der Waals surface area contributed by atoms with Crippen molar-refractivity contribution in [3.05, 3.63) is 56.2 Å². The normalized spacial score (nSPS) is 10.9. The lowest BCUT2D eigenvalue weighted by atomic mass is 10.2. The number of hydrogen-bond acceptors (Lipinski definition) is 3. The molecule has 0 spiro atoms. The van der Waals surface area contributed by atoms with Crippen LogP contribution in [0.5, 0.6) is 0 Å². The molecule has 0 unspecified atom stereocenters. The molecule has 0 bridgehead atoms. The van der Waals surface area contributed by atoms with Gasteiger partial charge in [0, 0.05) is 25.0 Å². The third kappa shape index (κ3) is 2.91. The van der Waals surface area contributed by atoms with E-state index in [0.717, 1.165) is 41.9 Å². The molecule has 3 rings (SSSR count). The standard InChI is InChI=1S/C15H10Br2ClN3/c1-8-12(18)3-2-4-13(8)21-15-10-5-9(16)6-11(17)14(10)19-7-20-15/h2-7H,1H3,(H,19,20,21). The molecule has 3 aromatic rings. The summed E-state index contributed by atoms with van der Waals surface area (Å²) in [7, 11) is 0. The third-order valence-electron chi connectivity index (χ3n) is 3.18. The summed E-state index contributed by atoms with van der Waals surface area (Å²) in [4.78, 5) is 8.67. The smallest absolute Gasteiger partial charge is 0.141 e. The fraction of sp³-hybridized carbons (Fsp3) is 0.0667. The second-order valence-electron chi connectivity index (χ2n) is 4.54. The van der Waals surface area contributed by atoms with Gasteiger partial charge in [-0.3, -0.25) is 0 Å². The van der Waals surface area contributed by atoms with E-state index in [9.17, 15) is 0 Å². The lowest BCUT2D eigenvalue weighted by molar-refractivity contribution is 1.21. The van der Waals surface area contributed by atoms with Crippen molar-refractivity contribution in [3.63, 3.8) is 0 Å². The van der Waals surface area contributed by atoms with Gasteiger partial charge < -0.3 is 5.32 Å². The molecule has 0 aliphatic rings. The Bertz CT molecular complexity index is 837. The minimum Gasteiger partial charge on any atom is -0.339 e. The zero-order valence-electron chi connectivity index (χ0n) is 11.0. The summed E-state index contributed by atoms with van der Waals surface area (Å²) in [6.45, 7) is 1.97. The van der Waals surface area contributed by atoms with E-state index in [2.05, 4.69) is 47.1 Å². The number of benzene rings is 2. The van der Waals surface area contributed by atoms with Crippen LogP contribution in [0.1, 0.15) is 5.56 Å². The number of anilines is 2. The first-order valence-corrected chi connectivity index (χ1v) is 8.14. The van der Waals surface area contributed by atoms with E-state index in [4.69, 9.17) is 11.6 Å². The van der Waals surface area contributed by atoms with Gasteiger partial charge in [0.1, 0.15) is 12.1 Å². The monoisotopic (exact) mass is 425 g/mol. The van der Waals surface area contributed by atoms with Crippen molar-refractivity contribution in [3.8, 4) is 0 Å². The molecule has 0 saturated heterocycles. The van der Waals surface area contributed by atoms with E-state index in [0.29, 0.717) is 0 Å². The van der Waals surface area contributed by atoms with Gasteiger partial charge in [-0.2, -0.15) is 0 Å². The van der Waals surface area contributed by atoms with Crippen LogP contribution in [0.4, 0.5) is 11.5 Å². The Labute approximate surface area is 144 Å². The van der Waals surface area contributed by atoms with E-state index in [-0.39, 0.29) is 0 Å². The molecule has 0 radical (unpaired) electrons. The first-order chi connectivity index (χ1) is 10.1. The van der Waals surface area contributed by atoms with E-state index in [1.807, 2.05) is 37.3 Å². The number of rotatable bonds is 2. The van der Waals surface area contributed by atoms with Crippen LogP contribution in [0.2, 0.25) is 5.02 Å². The highest BCUT2D eigenvalue weighted by molar-refractivity contribution is 9.11. The van der Waals surface area contributed by atoms with Crippen LogP contribution in [-0.2, 0) is 0 Å². The predicted octanol–water partition coefficient (Wildman–Crippen LogP) is 5.86. The lowest BCUT2D eigenvalue weighted by Crippen LogP contribution is -1.98. The van der Waals surface area contributed by atoms with Crippen LogP contribution in [0.15, 0.2) is 45.6 Å². The average Bonchev–Trinajstić information content (AvgIpc) is 2.44. The summed E-state index contributed by atoms with van der Waals surface area (Å²) in [6, 6.07) is 9.70. The second-order valence-corrected chi connectivity index (χ2v) is 6.72. The molecule has 0 saturated carbocycles. The maximum absolute atomic E-state index is 6.16. The van der Waals surface area contributed by atoms with Gasteiger partial charge in [0.15, 0.2) is 0 Å². The summed E-state index contributed by atoms with van der Waals surface area (Å²) < 4.78 is 1.88. The molecule has 0 atom stereocenters. The van der Waals surface area contributed by atoms with Crippen LogP contribution >= 0.6 is 43.5 Å². The predicted molar refractivity (Wildman–Crippen MR) is 94.4 cm³/mol. The Morgan fingerprint density at radius 3 is 2.76 bits per heavy atom. The quantitative estimate of drug-likeness (QED) is 0.557. The topological polar surface area (TPSA) is 37.8 Å². The number of nitrogens with zero attached hydrogens (tertiary/aromatic N) is 2. The SMILES string of the molecule is Cc1c(Cl)cccc1Nc1ncnc2c(Br)cc(Br)cc12. The van der Waals surface area contributed by atoms with Crippen molar-refractivity contribution >= 4 is 65.9 Å². The summed E-state index contributed by atoms with van der Waals surface area (Å²) in [5.74, 6) is 0.743. The Hall–Kier alpha value is -1.17. The molecule has 0 fully saturated rings. The zero-order chi connectivity index (χ0) is 15.0. The van der Waals surface area contributed by atoms with E-state index in [1.54, 1.807) is 6.33 Å². The molecule has 0 aliphatic heterocycles. The van der Waals surface area contributed by atoms with Crippen LogP contribution in [-0.4, -0.2) is 9.97 Å². The van der Waals surface area contributed by atoms with Crippen molar-refractivity contribution in [2.75, 3.05) is 5.32 Å². The minimum atomic E-state index is 0.723. The van der Waals surface area contributed by atoms with Crippen molar-refractivity contribution < 1.29 is 0 Å². The molecule has 0 aliphatic carbocycles. The van der Waals surface area contributed by atoms with Gasteiger partial charge >= 0.3 is 0 Å². The summed E-state index contributed by atoms with van der Waals surface area (Å²) in [5, 5.41) is 4.98. The van der Waals surface area contributed by atoms with Crippen LogP contribution in [0.3, 0.4) is 0 Å². The van der Waals surface area contributed by atoms with Crippen LogP contribution < -0.4 is 5.32 Å². The average molecular weight is 428 g/mol. The number of aromatic nitrogens is 2. The molecule has 2 aromatic carbocycles. The van der Waals surface area contributed by atoms with Gasteiger partial charge in [0.2, 0.25) is 0 Å². The molecular weight excluding hydrogens is 417 g/mol. The van der Waals surface area contributed by atoms with Crippen molar-refractivity contribution in [2.24, 2.45) is 0 Å². The van der Waals surface area contributed by atoms with Gasteiger partial charge in [0.05, 0.1) is 5.52 Å². The lowest BCUT2D eigenvalue weighted by Gasteiger charge is -2.12. The third-order valence-corrected chi connectivity index (χ3v) is 4.65. The number of fused-ring (bicyclic) bond motifs is 1. The molecule has 106 valence electrons. The van der Waals surface area contributed by atoms with E-state index >= 15 is 0 Å². The molecule has 6 heteroatoms. The summed E-state index contributed by atoms with van der Waals surface area (Å²) >= 11 is 13.2. The van der Waals surface area contributed by atoms with Crippen molar-refractivity contribution in [2.45, 2.75) is 6.92 Å². The highest BCUT2D eigenvalue weighted by Gasteiger charge is 2.10. The Kier molecular flexibility index (Phi) is 4.15. The molecule has 1 N–H and O–H groups in total. The van der Waals surface area contributed by atoms with Crippen LogP contribution in [0.25, 0.3) is 10.9 Å². The summed E-state index contributed by atoms with van der Waals surface area (Å²) in [6.07, 6.45) is 1.54. The molecular formula is C15H10Br2ClN3. The van der Waals surface area contributed by atoms with Gasteiger partial charge in [-0.1, -0.05) is 33.6 Å². The number of halogens is 3. The van der Waals surface area contributed by atoms with Gasteiger partial charge in [-0.05, 0) is 52.7 Å². The van der Waals surface area contributed by atoms with E-state index < -0.39 is 0 Å². The van der Waals surface area contributed by atoms with E-state index in [1.165, 1.54) is 0 Å². The summed E-state index contributed by atoms with van der Waals surface area (Å²) in [5.41, 5.74) is 2.77. The first kappa shape index (κ1) is 14.8. The fourth-order valence-electron chi connectivity index (χ4n) is 2.06. The van der Waals surface area contributed by atoms with Gasteiger partial charge in [-0.25, -0.2) is 9.97 Å². The molecule has 3 nitrogen and oxygen atoms in total. The van der Waals surface area contributed by atoms with Crippen LogP contribution in [0, 0.1) is 6.92 Å². The maximum atomic E-state index is 6.16. The Morgan fingerprint density at radius 1 is 1.14 bits per heavy atom. The minimum absolute atomic E-state index is 0.723. The number of nitrogens with one attached hydrogen (secondary N) is 1. The fourth-order valence-corrected chi connectivity index (χ4v) is 3.56. The molecule has 0 amide bonds. The van der Waals surface area contributed by atoms with Crippen molar-refractivity contribution in [1.29, 1.82) is 0 Å². The number of hydrogen-bond donors (Lipinski definition) is 1. The molecule has 1 aromatic heterocycles. The first-order valence-electron chi connectivity index (χ1n) is 6.18. The largest absolute Gasteiger partial charge is 0.339 e. The van der Waals surface area contributed by atoms with Crippen molar-refractivity contribution in [1.82, 2.24) is 9.97 Å². The Balaban J connectivity index is 2.15. The highest BCUT2D eigenvalue weighted by atomic mass is 79.9. The van der Waals surface area contributed by atoms with Gasteiger partial charge in [-0.15, -0.1) is 0 Å². The molecule has 1 heterocycles. The Morgan fingerprint density at radius 2 is 1.95 bits per heavy atom. The second kappa shape index (κ2) is 5.91. The maximum Gasteiger partial charge on any atom is 0.141 e. The van der Waals surface area contributed by atoms with Gasteiger partial charge in [0.25, 0.3) is 0 Å². The highest BCUT2D eigenvalue weighted by Crippen LogP contribution is 2.33. The molecule has 21 heavy (non-hydrogen) atoms. The zero-order valence-corrected chi connectivity index (χ0v) is 14.9.